The molecule has 0 amide bonds. The second kappa shape index (κ2) is 3.56. The molecule has 1 aromatic heterocycles. The van der Waals surface area contributed by atoms with Gasteiger partial charge >= 0.3 is 5.97 Å². The molecule has 94 valence electrons. The zero-order valence-electron chi connectivity index (χ0n) is 9.67. The monoisotopic (exact) mass is 258 g/mol. The van der Waals surface area contributed by atoms with Gasteiger partial charge in [0.1, 0.15) is 5.56 Å². The molecule has 1 saturated heterocycles. The summed E-state index contributed by atoms with van der Waals surface area (Å²) in [6.07, 6.45) is 1.74. The van der Waals surface area contributed by atoms with E-state index in [0.717, 1.165) is 0 Å². The van der Waals surface area contributed by atoms with E-state index in [1.807, 2.05) is 0 Å². The van der Waals surface area contributed by atoms with Crippen LogP contribution in [0.2, 0.25) is 0 Å². The van der Waals surface area contributed by atoms with Gasteiger partial charge in [-0.15, -0.1) is 0 Å². The summed E-state index contributed by atoms with van der Waals surface area (Å²) in [6, 6.07) is 0. The summed E-state index contributed by atoms with van der Waals surface area (Å²) in [5.41, 5.74) is -0.0102. The quantitative estimate of drug-likeness (QED) is 0.830. The third-order valence-electron chi connectivity index (χ3n) is 3.23. The highest BCUT2D eigenvalue weighted by Gasteiger charge is 2.41. The summed E-state index contributed by atoms with van der Waals surface area (Å²) in [5.74, 6) is -0.898. The van der Waals surface area contributed by atoms with E-state index in [0.29, 0.717) is 12.1 Å². The zero-order valence-corrected chi connectivity index (χ0v) is 10.5. The minimum atomic E-state index is -3.04. The van der Waals surface area contributed by atoms with Crippen LogP contribution in [0, 0.1) is 6.92 Å². The Bertz CT molecular complexity index is 575. The van der Waals surface area contributed by atoms with Gasteiger partial charge in [-0.25, -0.2) is 13.2 Å². The number of hydrogen-bond donors (Lipinski definition) is 1. The molecule has 1 atom stereocenters. The third-order valence-corrected chi connectivity index (χ3v) is 5.12. The highest BCUT2D eigenvalue weighted by Crippen LogP contribution is 2.31. The number of hydrogen-bond acceptors (Lipinski definition) is 4. The van der Waals surface area contributed by atoms with Gasteiger partial charge in [0.15, 0.2) is 9.84 Å². The number of carbonyl (C=O) groups is 1. The fraction of sp³-hybridized carbons (Fsp3) is 0.600. The minimum absolute atomic E-state index is 0.0155. The van der Waals surface area contributed by atoms with E-state index < -0.39 is 21.3 Å². The van der Waals surface area contributed by atoms with Gasteiger partial charge in [0, 0.05) is 0 Å². The van der Waals surface area contributed by atoms with E-state index in [1.54, 1.807) is 13.8 Å². The summed E-state index contributed by atoms with van der Waals surface area (Å²) < 4.78 is 24.6. The maximum absolute atomic E-state index is 11.5. The van der Waals surface area contributed by atoms with E-state index in [2.05, 4.69) is 5.10 Å². The smallest absolute Gasteiger partial charge is 0.339 e. The van der Waals surface area contributed by atoms with Crippen LogP contribution in [0.25, 0.3) is 0 Å². The molecule has 2 rings (SSSR count). The van der Waals surface area contributed by atoms with Crippen LogP contribution in [0.4, 0.5) is 0 Å². The normalized spacial score (nSPS) is 27.2. The number of carboxylic acid groups (broad SMARTS) is 1. The maximum atomic E-state index is 11.5. The molecule has 2 heterocycles. The van der Waals surface area contributed by atoms with Crippen molar-refractivity contribution in [3.63, 3.8) is 0 Å². The van der Waals surface area contributed by atoms with E-state index in [4.69, 9.17) is 5.11 Å². The van der Waals surface area contributed by atoms with Crippen molar-refractivity contribution in [3.8, 4) is 0 Å². The van der Waals surface area contributed by atoms with E-state index in [9.17, 15) is 13.2 Å². The minimum Gasteiger partial charge on any atom is -0.478 e. The predicted octanol–water partition coefficient (Wildman–Crippen LogP) is 0.423. The first kappa shape index (κ1) is 12.1. The lowest BCUT2D eigenvalue weighted by molar-refractivity contribution is 0.0695. The second-order valence-electron chi connectivity index (χ2n) is 4.70. The number of aromatic nitrogens is 2. The summed E-state index contributed by atoms with van der Waals surface area (Å²) in [5, 5.41) is 13.0. The van der Waals surface area contributed by atoms with Crippen molar-refractivity contribution in [1.82, 2.24) is 9.78 Å². The summed E-state index contributed by atoms with van der Waals surface area (Å²) in [4.78, 5) is 10.9. The maximum Gasteiger partial charge on any atom is 0.339 e. The molecule has 0 radical (unpaired) electrons. The van der Waals surface area contributed by atoms with E-state index in [-0.39, 0.29) is 17.1 Å². The molecule has 0 spiro atoms. The highest BCUT2D eigenvalue weighted by molar-refractivity contribution is 7.91. The SMILES string of the molecule is Cc1c(C(=O)O)cnn1C1(C)CCS(=O)(=O)C1. The number of nitrogens with zero attached hydrogens (tertiary/aromatic N) is 2. The number of rotatable bonds is 2. The summed E-state index contributed by atoms with van der Waals surface area (Å²) in [6.45, 7) is 3.44. The van der Waals surface area contributed by atoms with Crippen molar-refractivity contribution >= 4 is 15.8 Å². The first-order chi connectivity index (χ1) is 7.75. The van der Waals surface area contributed by atoms with Gasteiger partial charge in [0.2, 0.25) is 0 Å². The second-order valence-corrected chi connectivity index (χ2v) is 6.88. The predicted molar refractivity (Wildman–Crippen MR) is 60.8 cm³/mol. The standard InChI is InChI=1S/C10H14N2O4S/c1-7-8(9(13)14)5-11-12(7)10(2)3-4-17(15,16)6-10/h5H,3-4,6H2,1-2H3,(H,13,14). The molecule has 0 saturated carbocycles. The molecule has 1 aromatic rings. The van der Waals surface area contributed by atoms with Gasteiger partial charge in [-0.1, -0.05) is 0 Å². The lowest BCUT2D eigenvalue weighted by atomic mass is 10.0. The average molecular weight is 258 g/mol. The van der Waals surface area contributed by atoms with E-state index in [1.165, 1.54) is 10.9 Å². The summed E-state index contributed by atoms with van der Waals surface area (Å²) >= 11 is 0. The average Bonchev–Trinajstić information content (AvgIpc) is 2.68. The highest BCUT2D eigenvalue weighted by atomic mass is 32.2. The van der Waals surface area contributed by atoms with Crippen LogP contribution in [0.5, 0.6) is 0 Å². The molecule has 6 nitrogen and oxygen atoms in total. The van der Waals surface area contributed by atoms with Crippen LogP contribution in [-0.2, 0) is 15.4 Å². The molecule has 0 bridgehead atoms. The van der Waals surface area contributed by atoms with E-state index >= 15 is 0 Å². The third kappa shape index (κ3) is 1.95. The molecule has 1 aliphatic rings. The van der Waals surface area contributed by atoms with Gasteiger partial charge in [-0.3, -0.25) is 4.68 Å². The van der Waals surface area contributed by atoms with Crippen molar-refractivity contribution in [2.75, 3.05) is 11.5 Å². The van der Waals surface area contributed by atoms with Gasteiger partial charge in [0.25, 0.3) is 0 Å². The van der Waals surface area contributed by atoms with Gasteiger partial charge in [0.05, 0.1) is 28.9 Å². The van der Waals surface area contributed by atoms with Crippen molar-refractivity contribution in [2.45, 2.75) is 25.8 Å². The van der Waals surface area contributed by atoms with Gasteiger partial charge < -0.3 is 5.11 Å². The zero-order chi connectivity index (χ0) is 12.8. The van der Waals surface area contributed by atoms with Gasteiger partial charge in [-0.05, 0) is 20.3 Å². The molecule has 0 aliphatic carbocycles. The van der Waals surface area contributed by atoms with Crippen molar-refractivity contribution < 1.29 is 18.3 Å². The van der Waals surface area contributed by atoms with Crippen molar-refractivity contribution in [3.05, 3.63) is 17.5 Å². The number of sulfone groups is 1. The number of aromatic carboxylic acids is 1. The molecule has 1 unspecified atom stereocenters. The van der Waals surface area contributed by atoms with Crippen LogP contribution in [0.3, 0.4) is 0 Å². The van der Waals surface area contributed by atoms with Crippen LogP contribution in [-0.4, -0.2) is 40.8 Å². The Morgan fingerprint density at radius 2 is 2.24 bits per heavy atom. The number of carboxylic acids is 1. The van der Waals surface area contributed by atoms with Crippen molar-refractivity contribution in [2.24, 2.45) is 0 Å². The Labute approximate surface area is 99.2 Å². The lowest BCUT2D eigenvalue weighted by Crippen LogP contribution is -2.33. The first-order valence-corrected chi connectivity index (χ1v) is 7.06. The molecule has 1 aliphatic heterocycles. The Hall–Kier alpha value is -1.37. The first-order valence-electron chi connectivity index (χ1n) is 5.24. The molecule has 1 N–H and O–H groups in total. The van der Waals surface area contributed by atoms with Crippen LogP contribution in [0.15, 0.2) is 6.20 Å². The fourth-order valence-electron chi connectivity index (χ4n) is 2.32. The van der Waals surface area contributed by atoms with Crippen molar-refractivity contribution in [1.29, 1.82) is 0 Å². The molecular weight excluding hydrogens is 244 g/mol. The molecular formula is C10H14N2O4S. The summed E-state index contributed by atoms with van der Waals surface area (Å²) in [7, 11) is -3.04. The molecule has 17 heavy (non-hydrogen) atoms. The molecule has 0 aromatic carbocycles. The molecule has 7 heteroatoms. The molecule has 1 fully saturated rings. The Morgan fingerprint density at radius 1 is 1.59 bits per heavy atom. The fourth-order valence-corrected chi connectivity index (χ4v) is 4.43. The van der Waals surface area contributed by atoms with Crippen LogP contribution < -0.4 is 0 Å². The van der Waals surface area contributed by atoms with Crippen LogP contribution in [0.1, 0.15) is 29.4 Å². The Kier molecular flexibility index (Phi) is 2.53. The largest absolute Gasteiger partial charge is 0.478 e. The lowest BCUT2D eigenvalue weighted by Gasteiger charge is -2.24. The Morgan fingerprint density at radius 3 is 2.65 bits per heavy atom. The Balaban J connectivity index is 2.45. The topological polar surface area (TPSA) is 89.3 Å². The van der Waals surface area contributed by atoms with Gasteiger partial charge in [-0.2, -0.15) is 5.10 Å². The van der Waals surface area contributed by atoms with Crippen LogP contribution >= 0.6 is 0 Å².